The molecule has 192 valence electrons. The average molecular weight is 510 g/mol. The summed E-state index contributed by atoms with van der Waals surface area (Å²) in [6.07, 6.45) is -2.98. The number of H-pyrrole nitrogens is 1. The van der Waals surface area contributed by atoms with E-state index in [4.69, 9.17) is 9.47 Å². The highest BCUT2D eigenvalue weighted by Crippen LogP contribution is 2.24. The topological polar surface area (TPSA) is 170 Å². The molecule has 2 atom stereocenters. The zero-order chi connectivity index (χ0) is 26.5. The second kappa shape index (κ2) is 10.9. The third-order valence-corrected chi connectivity index (χ3v) is 5.41. The number of nitrogens with one attached hydrogen (secondary N) is 2. The molecule has 3 aromatic rings. The minimum absolute atomic E-state index is 0.0742. The zero-order valence-corrected chi connectivity index (χ0v) is 19.8. The van der Waals surface area contributed by atoms with Gasteiger partial charge in [-0.1, -0.05) is 5.16 Å². The molecular formula is C24H22N4O9. The lowest BCUT2D eigenvalue weighted by Gasteiger charge is -2.35. The number of amides is 2. The normalized spacial score (nSPS) is 16.1. The third kappa shape index (κ3) is 5.73. The van der Waals surface area contributed by atoms with Crippen LogP contribution in [-0.4, -0.2) is 66.4 Å². The van der Waals surface area contributed by atoms with Crippen LogP contribution in [0, 0.1) is 0 Å². The number of esters is 2. The molecule has 0 radical (unpaired) electrons. The smallest absolute Gasteiger partial charge is 0.439 e. The van der Waals surface area contributed by atoms with Crippen molar-refractivity contribution in [2.45, 2.75) is 19.1 Å². The Hall–Kier alpha value is -4.78. The minimum Gasteiger partial charge on any atom is -0.465 e. The lowest BCUT2D eigenvalue weighted by atomic mass is 10.1. The van der Waals surface area contributed by atoms with Gasteiger partial charge in [0.1, 0.15) is 0 Å². The van der Waals surface area contributed by atoms with Gasteiger partial charge in [-0.3, -0.25) is 23.9 Å². The molecule has 1 saturated heterocycles. The Morgan fingerprint density at radius 3 is 2.41 bits per heavy atom. The van der Waals surface area contributed by atoms with Crippen LogP contribution < -0.4 is 16.0 Å². The number of benzene rings is 2. The summed E-state index contributed by atoms with van der Waals surface area (Å²) < 4.78 is 19.9. The minimum atomic E-state index is -1.58. The predicted molar refractivity (Wildman–Crippen MR) is 127 cm³/mol. The van der Waals surface area contributed by atoms with Gasteiger partial charge in [0.2, 0.25) is 6.10 Å². The van der Waals surface area contributed by atoms with Crippen LogP contribution in [0.5, 0.6) is 0 Å². The Labute approximate surface area is 209 Å². The van der Waals surface area contributed by atoms with Gasteiger partial charge in [0.25, 0.3) is 11.8 Å². The van der Waals surface area contributed by atoms with Crippen LogP contribution in [0.2, 0.25) is 0 Å². The fourth-order valence-electron chi connectivity index (χ4n) is 3.69. The Balaban J connectivity index is 1.51. The molecule has 2 amide bonds. The van der Waals surface area contributed by atoms with Gasteiger partial charge in [0.15, 0.2) is 11.9 Å². The van der Waals surface area contributed by atoms with Gasteiger partial charge in [0, 0.05) is 30.4 Å². The summed E-state index contributed by atoms with van der Waals surface area (Å²) in [6.45, 7) is 1.38. The number of rotatable bonds is 7. The Morgan fingerprint density at radius 2 is 1.81 bits per heavy atom. The van der Waals surface area contributed by atoms with Crippen LogP contribution in [0.15, 0.2) is 57.8 Å². The van der Waals surface area contributed by atoms with E-state index in [9.17, 15) is 24.0 Å². The van der Waals surface area contributed by atoms with E-state index in [1.807, 2.05) is 0 Å². The molecule has 1 aliphatic heterocycles. The molecule has 0 bridgehead atoms. The molecule has 1 aromatic heterocycles. The summed E-state index contributed by atoms with van der Waals surface area (Å²) in [6, 6.07) is 12.4. The van der Waals surface area contributed by atoms with Crippen LogP contribution in [0.3, 0.4) is 0 Å². The van der Waals surface area contributed by atoms with E-state index in [1.54, 1.807) is 24.3 Å². The van der Waals surface area contributed by atoms with Gasteiger partial charge in [-0.15, -0.1) is 0 Å². The molecule has 0 unspecified atom stereocenters. The number of carbonyl (C=O) groups excluding carboxylic acids is 4. The molecule has 37 heavy (non-hydrogen) atoms. The van der Waals surface area contributed by atoms with Crippen LogP contribution in [0.25, 0.3) is 11.4 Å². The molecule has 2 heterocycles. The van der Waals surface area contributed by atoms with Crippen molar-refractivity contribution >= 4 is 35.1 Å². The van der Waals surface area contributed by atoms with Crippen molar-refractivity contribution in [3.05, 3.63) is 64.6 Å². The van der Waals surface area contributed by atoms with Crippen LogP contribution in [0.4, 0.5) is 11.4 Å². The van der Waals surface area contributed by atoms with E-state index in [0.29, 0.717) is 22.5 Å². The molecule has 0 aliphatic carbocycles. The SMILES string of the molecule is COC(=O)c1ccc(N2CCO[C@H]([C@@H](OC(C)=O)C(=O)Nc3ccc(-c4noc(=O)[nH]4)cc3)C2=O)cc1. The van der Waals surface area contributed by atoms with Gasteiger partial charge >= 0.3 is 17.7 Å². The van der Waals surface area contributed by atoms with E-state index >= 15 is 0 Å². The highest BCUT2D eigenvalue weighted by molar-refractivity contribution is 6.04. The van der Waals surface area contributed by atoms with Crippen molar-refractivity contribution in [3.8, 4) is 11.4 Å². The van der Waals surface area contributed by atoms with Gasteiger partial charge in [-0.25, -0.2) is 9.59 Å². The molecule has 0 spiro atoms. The molecular weight excluding hydrogens is 488 g/mol. The lowest BCUT2D eigenvalue weighted by Crippen LogP contribution is -2.56. The number of carbonyl (C=O) groups is 4. The maximum Gasteiger partial charge on any atom is 0.439 e. The maximum absolute atomic E-state index is 13.3. The fourth-order valence-corrected chi connectivity index (χ4v) is 3.69. The number of anilines is 2. The van der Waals surface area contributed by atoms with Gasteiger partial charge in [-0.05, 0) is 48.5 Å². The summed E-state index contributed by atoms with van der Waals surface area (Å²) in [5.74, 6) is -3.17. The molecule has 2 N–H and O–H groups in total. The number of methoxy groups -OCH3 is 1. The summed E-state index contributed by atoms with van der Waals surface area (Å²) >= 11 is 0. The monoisotopic (exact) mass is 510 g/mol. The van der Waals surface area contributed by atoms with Crippen LogP contribution in [-0.2, 0) is 28.6 Å². The number of morpholine rings is 1. The first-order chi connectivity index (χ1) is 17.8. The van der Waals surface area contributed by atoms with Crippen molar-refractivity contribution < 1.29 is 37.9 Å². The van der Waals surface area contributed by atoms with E-state index in [1.165, 1.54) is 36.3 Å². The summed E-state index contributed by atoms with van der Waals surface area (Å²) in [7, 11) is 1.26. The van der Waals surface area contributed by atoms with Gasteiger partial charge in [0.05, 0.1) is 19.3 Å². The number of nitrogens with zero attached hydrogens (tertiary/aromatic N) is 2. The van der Waals surface area contributed by atoms with E-state index in [2.05, 4.69) is 24.7 Å². The first-order valence-corrected chi connectivity index (χ1v) is 11.0. The molecule has 2 aromatic carbocycles. The van der Waals surface area contributed by atoms with Crippen molar-refractivity contribution in [1.82, 2.24) is 10.1 Å². The standard InChI is InChI=1S/C24H22N4O9/c1-13(29)36-18(21(30)25-16-7-3-14(4-8-16)20-26-24(33)37-27-20)19-22(31)28(11-12-35-19)17-9-5-15(6-10-17)23(32)34-2/h3-10,18-19H,11-12H2,1-2H3,(H,25,30)(H,26,27,33)/t18-,19-/m1/s1. The molecule has 0 saturated carbocycles. The maximum atomic E-state index is 13.3. The molecule has 4 rings (SSSR count). The number of hydrogen-bond donors (Lipinski definition) is 2. The lowest BCUT2D eigenvalue weighted by molar-refractivity contribution is -0.167. The zero-order valence-electron chi connectivity index (χ0n) is 19.8. The van der Waals surface area contributed by atoms with Crippen molar-refractivity contribution in [2.24, 2.45) is 0 Å². The summed E-state index contributed by atoms with van der Waals surface area (Å²) in [5.41, 5.74) is 1.63. The highest BCUT2D eigenvalue weighted by atomic mass is 16.6. The quantitative estimate of drug-likeness (QED) is 0.439. The third-order valence-electron chi connectivity index (χ3n) is 5.41. The molecule has 1 aliphatic rings. The fraction of sp³-hybridized carbons (Fsp3) is 0.250. The Morgan fingerprint density at radius 1 is 1.11 bits per heavy atom. The largest absolute Gasteiger partial charge is 0.465 e. The van der Waals surface area contributed by atoms with Crippen LogP contribution in [0.1, 0.15) is 17.3 Å². The molecule has 13 heteroatoms. The van der Waals surface area contributed by atoms with Gasteiger partial charge < -0.3 is 24.4 Å². The summed E-state index contributed by atoms with van der Waals surface area (Å²) in [5, 5.41) is 6.18. The van der Waals surface area contributed by atoms with Gasteiger partial charge in [-0.2, -0.15) is 0 Å². The predicted octanol–water partition coefficient (Wildman–Crippen LogP) is 1.12. The van der Waals surface area contributed by atoms with Crippen molar-refractivity contribution in [1.29, 1.82) is 0 Å². The highest BCUT2D eigenvalue weighted by Gasteiger charge is 2.42. The van der Waals surface area contributed by atoms with Crippen LogP contribution >= 0.6 is 0 Å². The number of ether oxygens (including phenoxy) is 3. The Bertz CT molecular complexity index is 1360. The number of hydrogen-bond acceptors (Lipinski definition) is 10. The van der Waals surface area contributed by atoms with E-state index in [0.717, 1.165) is 6.92 Å². The average Bonchev–Trinajstić information content (AvgIpc) is 3.33. The Kier molecular flexibility index (Phi) is 7.44. The number of aromatic amines is 1. The first kappa shape index (κ1) is 25.3. The van der Waals surface area contributed by atoms with E-state index in [-0.39, 0.29) is 19.0 Å². The first-order valence-electron chi connectivity index (χ1n) is 11.0. The second-order valence-electron chi connectivity index (χ2n) is 7.86. The number of aromatic nitrogens is 2. The molecule has 1 fully saturated rings. The van der Waals surface area contributed by atoms with E-state index < -0.39 is 41.7 Å². The van der Waals surface area contributed by atoms with Crippen molar-refractivity contribution in [3.63, 3.8) is 0 Å². The molecule has 13 nitrogen and oxygen atoms in total. The second-order valence-corrected chi connectivity index (χ2v) is 7.86. The van der Waals surface area contributed by atoms with Crippen molar-refractivity contribution in [2.75, 3.05) is 30.5 Å². The summed E-state index contributed by atoms with van der Waals surface area (Å²) in [4.78, 5) is 64.8.